The van der Waals surface area contributed by atoms with Gasteiger partial charge in [-0.25, -0.2) is 4.98 Å². The Balaban J connectivity index is 2.13. The molecule has 2 rings (SSSR count). The summed E-state index contributed by atoms with van der Waals surface area (Å²) in [6, 6.07) is 8.93. The number of rotatable bonds is 4. The summed E-state index contributed by atoms with van der Waals surface area (Å²) in [5.41, 5.74) is 3.59. The van der Waals surface area contributed by atoms with Crippen LogP contribution in [0.5, 0.6) is 11.5 Å². The Labute approximate surface area is 119 Å². The van der Waals surface area contributed by atoms with Crippen LogP contribution in [-0.2, 0) is 0 Å². The molecule has 0 fully saturated rings. The molecule has 0 aliphatic heterocycles. The van der Waals surface area contributed by atoms with Gasteiger partial charge in [0.05, 0.1) is 17.8 Å². The predicted octanol–water partition coefficient (Wildman–Crippen LogP) is 3.00. The van der Waals surface area contributed by atoms with E-state index in [1.54, 1.807) is 24.5 Å². The summed E-state index contributed by atoms with van der Waals surface area (Å²) in [5, 5.41) is 13.7. The Hall–Kier alpha value is -2.08. The number of nitrogens with zero attached hydrogens (tertiary/aromatic N) is 2. The minimum absolute atomic E-state index is 0.0670. The van der Waals surface area contributed by atoms with Crippen LogP contribution in [0.3, 0.4) is 0 Å². The highest BCUT2D eigenvalue weighted by Gasteiger charge is 2.07. The number of phenolic OH excluding ortho intramolecular Hbond substituents is 1. The van der Waals surface area contributed by atoms with Crippen LogP contribution >= 0.6 is 15.9 Å². The third-order valence-corrected chi connectivity index (χ3v) is 2.93. The Kier molecular flexibility index (Phi) is 4.35. The minimum atomic E-state index is 0.0670. The number of halogens is 1. The van der Waals surface area contributed by atoms with Crippen molar-refractivity contribution in [2.75, 3.05) is 12.5 Å². The van der Waals surface area contributed by atoms with E-state index in [0.29, 0.717) is 16.0 Å². The van der Waals surface area contributed by atoms with Gasteiger partial charge in [-0.1, -0.05) is 6.07 Å². The number of hydrogen-bond acceptors (Lipinski definition) is 5. The number of benzene rings is 1. The van der Waals surface area contributed by atoms with Crippen molar-refractivity contribution in [3.05, 3.63) is 46.6 Å². The lowest BCUT2D eigenvalue weighted by atomic mass is 10.2. The van der Waals surface area contributed by atoms with Gasteiger partial charge in [0, 0.05) is 6.20 Å². The van der Waals surface area contributed by atoms with E-state index >= 15 is 0 Å². The fourth-order valence-corrected chi connectivity index (χ4v) is 1.89. The highest BCUT2D eigenvalue weighted by Crippen LogP contribution is 2.34. The van der Waals surface area contributed by atoms with E-state index in [2.05, 4.69) is 31.4 Å². The molecule has 1 aromatic heterocycles. The van der Waals surface area contributed by atoms with E-state index in [4.69, 9.17) is 4.74 Å². The second-order valence-corrected chi connectivity index (χ2v) is 4.49. The number of pyridine rings is 1. The topological polar surface area (TPSA) is 66.7 Å². The van der Waals surface area contributed by atoms with Crippen molar-refractivity contribution in [3.63, 3.8) is 0 Å². The first-order valence-corrected chi connectivity index (χ1v) is 6.26. The standard InChI is InChI=1S/C13H12BrN3O2/c1-19-11-7-9(6-10(14)13(11)18)8-16-17-12-4-2-3-5-15-12/h2-8,18H,1H3,(H,15,17). The maximum atomic E-state index is 9.68. The van der Waals surface area contributed by atoms with Gasteiger partial charge < -0.3 is 9.84 Å². The van der Waals surface area contributed by atoms with Crippen molar-refractivity contribution in [1.29, 1.82) is 0 Å². The first kappa shape index (κ1) is 13.4. The van der Waals surface area contributed by atoms with E-state index < -0.39 is 0 Å². The number of anilines is 1. The molecule has 0 amide bonds. The van der Waals surface area contributed by atoms with Gasteiger partial charge in [0.25, 0.3) is 0 Å². The Morgan fingerprint density at radius 2 is 2.26 bits per heavy atom. The van der Waals surface area contributed by atoms with E-state index in [0.717, 1.165) is 5.56 Å². The van der Waals surface area contributed by atoms with Gasteiger partial charge in [0.2, 0.25) is 0 Å². The minimum Gasteiger partial charge on any atom is -0.503 e. The molecule has 2 aromatic rings. The molecule has 0 atom stereocenters. The number of aromatic hydroxyl groups is 1. The molecule has 0 saturated heterocycles. The highest BCUT2D eigenvalue weighted by atomic mass is 79.9. The summed E-state index contributed by atoms with van der Waals surface area (Å²) in [6.45, 7) is 0. The van der Waals surface area contributed by atoms with E-state index in [1.165, 1.54) is 7.11 Å². The van der Waals surface area contributed by atoms with Crippen LogP contribution in [0.15, 0.2) is 46.1 Å². The van der Waals surface area contributed by atoms with Gasteiger partial charge in [0.15, 0.2) is 11.5 Å². The summed E-state index contributed by atoms with van der Waals surface area (Å²) in [6.07, 6.45) is 3.29. The summed E-state index contributed by atoms with van der Waals surface area (Å²) in [5.74, 6) is 1.11. The lowest BCUT2D eigenvalue weighted by molar-refractivity contribution is 0.372. The lowest BCUT2D eigenvalue weighted by Gasteiger charge is -2.06. The molecule has 6 heteroatoms. The van der Waals surface area contributed by atoms with E-state index in [1.807, 2.05) is 18.2 Å². The van der Waals surface area contributed by atoms with Crippen LogP contribution in [0.1, 0.15) is 5.56 Å². The fraction of sp³-hybridized carbons (Fsp3) is 0.0769. The van der Waals surface area contributed by atoms with Gasteiger partial charge >= 0.3 is 0 Å². The molecule has 1 aromatic carbocycles. The molecule has 5 nitrogen and oxygen atoms in total. The number of aromatic nitrogens is 1. The maximum Gasteiger partial charge on any atom is 0.172 e. The average Bonchev–Trinajstić information content (AvgIpc) is 2.43. The summed E-state index contributed by atoms with van der Waals surface area (Å²) >= 11 is 3.25. The molecule has 0 bridgehead atoms. The van der Waals surface area contributed by atoms with Crippen molar-refractivity contribution >= 4 is 28.0 Å². The zero-order valence-electron chi connectivity index (χ0n) is 10.2. The Morgan fingerprint density at radius 1 is 1.42 bits per heavy atom. The zero-order chi connectivity index (χ0) is 13.7. The van der Waals surface area contributed by atoms with Crippen molar-refractivity contribution in [3.8, 4) is 11.5 Å². The number of nitrogens with one attached hydrogen (secondary N) is 1. The number of ether oxygens (including phenoxy) is 1. The molecular formula is C13H12BrN3O2. The molecule has 0 spiro atoms. The maximum absolute atomic E-state index is 9.68. The average molecular weight is 322 g/mol. The third kappa shape index (κ3) is 3.45. The van der Waals surface area contributed by atoms with Gasteiger partial charge in [-0.3, -0.25) is 5.43 Å². The Morgan fingerprint density at radius 3 is 2.95 bits per heavy atom. The molecule has 0 aliphatic rings. The number of hydrazone groups is 1. The number of methoxy groups -OCH3 is 1. The quantitative estimate of drug-likeness (QED) is 0.671. The molecule has 19 heavy (non-hydrogen) atoms. The lowest BCUT2D eigenvalue weighted by Crippen LogP contribution is -1.93. The predicted molar refractivity (Wildman–Crippen MR) is 77.8 cm³/mol. The van der Waals surface area contributed by atoms with Crippen molar-refractivity contribution in [1.82, 2.24) is 4.98 Å². The van der Waals surface area contributed by atoms with Gasteiger partial charge in [-0.2, -0.15) is 5.10 Å². The highest BCUT2D eigenvalue weighted by molar-refractivity contribution is 9.10. The van der Waals surface area contributed by atoms with Gasteiger partial charge in [0.1, 0.15) is 5.82 Å². The number of hydrogen-bond donors (Lipinski definition) is 2. The molecule has 98 valence electrons. The first-order valence-electron chi connectivity index (χ1n) is 5.47. The van der Waals surface area contributed by atoms with Crippen LogP contribution in [0.4, 0.5) is 5.82 Å². The fourth-order valence-electron chi connectivity index (χ4n) is 1.43. The molecule has 0 unspecified atom stereocenters. The monoisotopic (exact) mass is 321 g/mol. The normalized spacial score (nSPS) is 10.6. The molecular weight excluding hydrogens is 310 g/mol. The van der Waals surface area contributed by atoms with Crippen molar-refractivity contribution in [2.45, 2.75) is 0 Å². The zero-order valence-corrected chi connectivity index (χ0v) is 11.8. The molecule has 0 aliphatic carbocycles. The van der Waals surface area contributed by atoms with Gasteiger partial charge in [-0.05, 0) is 45.8 Å². The number of phenols is 1. The van der Waals surface area contributed by atoms with Crippen molar-refractivity contribution in [2.24, 2.45) is 5.10 Å². The summed E-state index contributed by atoms with van der Waals surface area (Å²) < 4.78 is 5.60. The molecule has 0 radical (unpaired) electrons. The van der Waals surface area contributed by atoms with Crippen LogP contribution in [0.2, 0.25) is 0 Å². The van der Waals surface area contributed by atoms with Gasteiger partial charge in [-0.15, -0.1) is 0 Å². The molecule has 2 N–H and O–H groups in total. The van der Waals surface area contributed by atoms with Crippen molar-refractivity contribution < 1.29 is 9.84 Å². The van der Waals surface area contributed by atoms with Crippen LogP contribution in [-0.4, -0.2) is 23.4 Å². The molecule has 0 saturated carbocycles. The molecule has 1 heterocycles. The Bertz CT molecular complexity index is 588. The second kappa shape index (κ2) is 6.19. The largest absolute Gasteiger partial charge is 0.503 e. The van der Waals surface area contributed by atoms with E-state index in [9.17, 15) is 5.11 Å². The van der Waals surface area contributed by atoms with Crippen LogP contribution in [0, 0.1) is 0 Å². The smallest absolute Gasteiger partial charge is 0.172 e. The first-order chi connectivity index (χ1) is 9.20. The SMILES string of the molecule is COc1cc(C=NNc2ccccn2)cc(Br)c1O. The second-order valence-electron chi connectivity index (χ2n) is 3.64. The van der Waals surface area contributed by atoms with E-state index in [-0.39, 0.29) is 5.75 Å². The summed E-state index contributed by atoms with van der Waals surface area (Å²) in [7, 11) is 1.49. The third-order valence-electron chi connectivity index (χ3n) is 2.33. The van der Waals surface area contributed by atoms with Crippen LogP contribution in [0.25, 0.3) is 0 Å². The summed E-state index contributed by atoms with van der Waals surface area (Å²) in [4.78, 5) is 4.08. The van der Waals surface area contributed by atoms with Crippen LogP contribution < -0.4 is 10.2 Å².